The molecular formula is C12H12FN3. The highest BCUT2D eigenvalue weighted by molar-refractivity contribution is 5.44. The van der Waals surface area contributed by atoms with Crippen LogP contribution in [0.2, 0.25) is 0 Å². The average Bonchev–Trinajstić information content (AvgIpc) is 2.29. The number of benzene rings is 1. The SMILES string of the molecule is Nc1ccc(CNc2ccncc2)c(F)c1. The smallest absolute Gasteiger partial charge is 0.130 e. The maximum Gasteiger partial charge on any atom is 0.130 e. The fourth-order valence-corrected chi connectivity index (χ4v) is 1.37. The van der Waals surface area contributed by atoms with Crippen molar-refractivity contribution in [3.05, 3.63) is 54.1 Å². The van der Waals surface area contributed by atoms with Crippen LogP contribution in [-0.4, -0.2) is 4.98 Å². The van der Waals surface area contributed by atoms with Gasteiger partial charge in [0.25, 0.3) is 0 Å². The molecule has 0 aliphatic rings. The van der Waals surface area contributed by atoms with Gasteiger partial charge in [-0.15, -0.1) is 0 Å². The number of hydrogen-bond donors (Lipinski definition) is 2. The number of nitrogen functional groups attached to an aromatic ring is 1. The number of nitrogens with one attached hydrogen (secondary N) is 1. The van der Waals surface area contributed by atoms with Crippen LogP contribution in [0.1, 0.15) is 5.56 Å². The Morgan fingerprint density at radius 1 is 1.19 bits per heavy atom. The van der Waals surface area contributed by atoms with Crippen LogP contribution in [0.5, 0.6) is 0 Å². The number of pyridine rings is 1. The van der Waals surface area contributed by atoms with Crippen molar-refractivity contribution in [1.29, 1.82) is 0 Å². The predicted molar refractivity (Wildman–Crippen MR) is 62.4 cm³/mol. The molecule has 2 aromatic rings. The van der Waals surface area contributed by atoms with E-state index in [1.807, 2.05) is 12.1 Å². The summed E-state index contributed by atoms with van der Waals surface area (Å²) in [6.07, 6.45) is 3.36. The normalized spacial score (nSPS) is 10.1. The molecule has 0 unspecified atom stereocenters. The van der Waals surface area contributed by atoms with E-state index < -0.39 is 0 Å². The second-order valence-electron chi connectivity index (χ2n) is 3.44. The highest BCUT2D eigenvalue weighted by Crippen LogP contribution is 2.13. The van der Waals surface area contributed by atoms with Gasteiger partial charge in [-0.3, -0.25) is 4.98 Å². The monoisotopic (exact) mass is 217 g/mol. The quantitative estimate of drug-likeness (QED) is 0.776. The molecule has 0 bridgehead atoms. The van der Waals surface area contributed by atoms with E-state index in [9.17, 15) is 4.39 Å². The van der Waals surface area contributed by atoms with Gasteiger partial charge in [-0.1, -0.05) is 6.07 Å². The van der Waals surface area contributed by atoms with Gasteiger partial charge in [0.2, 0.25) is 0 Å². The zero-order valence-electron chi connectivity index (χ0n) is 8.65. The van der Waals surface area contributed by atoms with Crippen LogP contribution >= 0.6 is 0 Å². The van der Waals surface area contributed by atoms with Gasteiger partial charge >= 0.3 is 0 Å². The van der Waals surface area contributed by atoms with Gasteiger partial charge in [-0.25, -0.2) is 4.39 Å². The lowest BCUT2D eigenvalue weighted by molar-refractivity contribution is 0.613. The van der Waals surface area contributed by atoms with Crippen molar-refractivity contribution in [3.8, 4) is 0 Å². The van der Waals surface area contributed by atoms with Crippen molar-refractivity contribution in [3.63, 3.8) is 0 Å². The first-order valence-electron chi connectivity index (χ1n) is 4.93. The molecule has 0 saturated carbocycles. The van der Waals surface area contributed by atoms with E-state index in [2.05, 4.69) is 10.3 Å². The molecule has 0 fully saturated rings. The molecule has 3 N–H and O–H groups in total. The van der Waals surface area contributed by atoms with Gasteiger partial charge in [-0.2, -0.15) is 0 Å². The lowest BCUT2D eigenvalue weighted by Gasteiger charge is -2.07. The molecule has 16 heavy (non-hydrogen) atoms. The molecule has 0 aliphatic carbocycles. The first-order valence-corrected chi connectivity index (χ1v) is 4.93. The number of hydrogen-bond acceptors (Lipinski definition) is 3. The minimum absolute atomic E-state index is 0.290. The Morgan fingerprint density at radius 3 is 2.62 bits per heavy atom. The standard InChI is InChI=1S/C12H12FN3/c13-12-7-10(14)2-1-9(12)8-16-11-3-5-15-6-4-11/h1-7H,8,14H2,(H,15,16). The summed E-state index contributed by atoms with van der Waals surface area (Å²) >= 11 is 0. The van der Waals surface area contributed by atoms with E-state index in [4.69, 9.17) is 5.73 Å². The third-order valence-corrected chi connectivity index (χ3v) is 2.24. The Labute approximate surface area is 93.1 Å². The fourth-order valence-electron chi connectivity index (χ4n) is 1.37. The van der Waals surface area contributed by atoms with E-state index >= 15 is 0 Å². The van der Waals surface area contributed by atoms with E-state index in [1.165, 1.54) is 6.07 Å². The number of anilines is 2. The zero-order chi connectivity index (χ0) is 11.4. The molecule has 0 spiro atoms. The number of aromatic nitrogens is 1. The predicted octanol–water partition coefficient (Wildman–Crippen LogP) is 2.42. The molecule has 1 aromatic carbocycles. The molecule has 0 radical (unpaired) electrons. The Bertz CT molecular complexity index is 471. The molecule has 1 heterocycles. The second kappa shape index (κ2) is 4.61. The first-order chi connectivity index (χ1) is 7.75. The van der Waals surface area contributed by atoms with Gasteiger partial charge in [0.15, 0.2) is 0 Å². The molecule has 0 amide bonds. The number of rotatable bonds is 3. The summed E-state index contributed by atoms with van der Waals surface area (Å²) in [5.41, 5.74) is 7.40. The fraction of sp³-hybridized carbons (Fsp3) is 0.0833. The van der Waals surface area contributed by atoms with Crippen molar-refractivity contribution in [2.75, 3.05) is 11.1 Å². The van der Waals surface area contributed by atoms with E-state index in [0.29, 0.717) is 17.8 Å². The van der Waals surface area contributed by atoms with Crippen molar-refractivity contribution < 1.29 is 4.39 Å². The first kappa shape index (κ1) is 10.4. The molecule has 3 nitrogen and oxygen atoms in total. The Kier molecular flexibility index (Phi) is 3.00. The molecular weight excluding hydrogens is 205 g/mol. The van der Waals surface area contributed by atoms with E-state index in [0.717, 1.165) is 5.69 Å². The van der Waals surface area contributed by atoms with Gasteiger partial charge in [-0.05, 0) is 24.3 Å². The van der Waals surface area contributed by atoms with Crippen LogP contribution < -0.4 is 11.1 Å². The van der Waals surface area contributed by atoms with Crippen LogP contribution in [0, 0.1) is 5.82 Å². The van der Waals surface area contributed by atoms with Gasteiger partial charge in [0.05, 0.1) is 0 Å². The van der Waals surface area contributed by atoms with Gasteiger partial charge in [0, 0.05) is 35.9 Å². The maximum absolute atomic E-state index is 13.4. The van der Waals surface area contributed by atoms with Crippen molar-refractivity contribution in [2.45, 2.75) is 6.54 Å². The molecule has 0 atom stereocenters. The number of nitrogens with zero attached hydrogens (tertiary/aromatic N) is 1. The lowest BCUT2D eigenvalue weighted by atomic mass is 10.2. The summed E-state index contributed by atoms with van der Waals surface area (Å²) < 4.78 is 13.4. The zero-order valence-corrected chi connectivity index (χ0v) is 8.65. The maximum atomic E-state index is 13.4. The number of nitrogens with two attached hydrogens (primary N) is 1. The molecule has 82 valence electrons. The minimum Gasteiger partial charge on any atom is -0.399 e. The Hall–Kier alpha value is -2.10. The summed E-state index contributed by atoms with van der Waals surface area (Å²) in [7, 11) is 0. The average molecular weight is 217 g/mol. The molecule has 0 saturated heterocycles. The van der Waals surface area contributed by atoms with Crippen LogP contribution in [-0.2, 0) is 6.54 Å². The van der Waals surface area contributed by atoms with Gasteiger partial charge < -0.3 is 11.1 Å². The van der Waals surface area contributed by atoms with E-state index in [-0.39, 0.29) is 5.82 Å². The largest absolute Gasteiger partial charge is 0.399 e. The number of halogens is 1. The highest BCUT2D eigenvalue weighted by Gasteiger charge is 2.01. The summed E-state index contributed by atoms with van der Waals surface area (Å²) in [6, 6.07) is 8.35. The highest BCUT2D eigenvalue weighted by atomic mass is 19.1. The second-order valence-corrected chi connectivity index (χ2v) is 3.44. The van der Waals surface area contributed by atoms with Crippen LogP contribution in [0.25, 0.3) is 0 Å². The van der Waals surface area contributed by atoms with E-state index in [1.54, 1.807) is 24.5 Å². The minimum atomic E-state index is -0.290. The van der Waals surface area contributed by atoms with Crippen molar-refractivity contribution in [1.82, 2.24) is 4.98 Å². The molecule has 2 rings (SSSR count). The van der Waals surface area contributed by atoms with Crippen LogP contribution in [0.4, 0.5) is 15.8 Å². The summed E-state index contributed by atoms with van der Waals surface area (Å²) in [6.45, 7) is 0.427. The topological polar surface area (TPSA) is 50.9 Å². The van der Waals surface area contributed by atoms with Crippen LogP contribution in [0.15, 0.2) is 42.7 Å². The lowest BCUT2D eigenvalue weighted by Crippen LogP contribution is -2.02. The van der Waals surface area contributed by atoms with Gasteiger partial charge in [0.1, 0.15) is 5.82 Å². The Balaban J connectivity index is 2.05. The summed E-state index contributed by atoms with van der Waals surface area (Å²) in [5.74, 6) is -0.290. The third-order valence-electron chi connectivity index (χ3n) is 2.24. The summed E-state index contributed by atoms with van der Waals surface area (Å²) in [4.78, 5) is 3.90. The molecule has 0 aliphatic heterocycles. The summed E-state index contributed by atoms with van der Waals surface area (Å²) in [5, 5.41) is 3.10. The third kappa shape index (κ3) is 2.48. The Morgan fingerprint density at radius 2 is 1.94 bits per heavy atom. The van der Waals surface area contributed by atoms with Crippen molar-refractivity contribution >= 4 is 11.4 Å². The molecule has 4 heteroatoms. The molecule has 1 aromatic heterocycles. The van der Waals surface area contributed by atoms with Crippen LogP contribution in [0.3, 0.4) is 0 Å². The van der Waals surface area contributed by atoms with Crippen molar-refractivity contribution in [2.24, 2.45) is 0 Å².